The summed E-state index contributed by atoms with van der Waals surface area (Å²) in [6, 6.07) is 1.76. The largest absolute Gasteiger partial charge is 0.365 e. The van der Waals surface area contributed by atoms with Crippen molar-refractivity contribution in [3.63, 3.8) is 0 Å². The van der Waals surface area contributed by atoms with Crippen LogP contribution in [0.25, 0.3) is 0 Å². The Balaban J connectivity index is 1.83. The van der Waals surface area contributed by atoms with Crippen LogP contribution >= 0.6 is 0 Å². The minimum Gasteiger partial charge on any atom is -0.365 e. The zero-order valence-electron chi connectivity index (χ0n) is 8.95. The molecule has 0 saturated carbocycles. The molecule has 0 aliphatic heterocycles. The van der Waals surface area contributed by atoms with Crippen molar-refractivity contribution in [2.45, 2.75) is 13.3 Å². The quantitative estimate of drug-likeness (QED) is 0.696. The van der Waals surface area contributed by atoms with E-state index >= 15 is 0 Å². The smallest absolute Gasteiger partial charge is 0.253 e. The second-order valence-electron chi connectivity index (χ2n) is 3.48. The number of nitrogens with one attached hydrogen (secondary N) is 3. The molecule has 6 nitrogen and oxygen atoms in total. The number of carbonyl (C=O) groups excluding carboxylic acids is 1. The van der Waals surface area contributed by atoms with Crippen molar-refractivity contribution < 1.29 is 4.79 Å². The molecule has 0 bridgehead atoms. The second-order valence-corrected chi connectivity index (χ2v) is 3.48. The highest BCUT2D eigenvalue weighted by Crippen LogP contribution is 2.04. The minimum atomic E-state index is -0.0674. The summed E-state index contributed by atoms with van der Waals surface area (Å²) in [4.78, 5) is 14.6. The molecule has 6 heteroatoms. The molecule has 0 fully saturated rings. The predicted octanol–water partition coefficient (Wildman–Crippen LogP) is 0.414. The first-order chi connectivity index (χ1) is 7.77. The number of aromatic amines is 2. The van der Waals surface area contributed by atoms with Crippen LogP contribution in [0.15, 0.2) is 18.5 Å². The van der Waals surface area contributed by atoms with E-state index < -0.39 is 0 Å². The lowest BCUT2D eigenvalue weighted by molar-refractivity contribution is 0.0953. The summed E-state index contributed by atoms with van der Waals surface area (Å²) in [5.74, 6) is -0.0674. The zero-order chi connectivity index (χ0) is 11.4. The van der Waals surface area contributed by atoms with Gasteiger partial charge >= 0.3 is 0 Å². The van der Waals surface area contributed by atoms with Gasteiger partial charge in [-0.1, -0.05) is 0 Å². The van der Waals surface area contributed by atoms with Gasteiger partial charge in [0.05, 0.1) is 17.5 Å². The molecule has 0 spiro atoms. The van der Waals surface area contributed by atoms with Crippen LogP contribution in [-0.2, 0) is 6.42 Å². The fourth-order valence-corrected chi connectivity index (χ4v) is 1.44. The van der Waals surface area contributed by atoms with Gasteiger partial charge in [-0.05, 0) is 13.0 Å². The molecule has 2 aromatic heterocycles. The maximum absolute atomic E-state index is 11.7. The third-order valence-electron chi connectivity index (χ3n) is 2.33. The van der Waals surface area contributed by atoms with Crippen LogP contribution in [0.1, 0.15) is 21.7 Å². The lowest BCUT2D eigenvalue weighted by Crippen LogP contribution is -2.26. The molecule has 3 N–H and O–H groups in total. The number of hydrogen-bond donors (Lipinski definition) is 3. The molecule has 0 aliphatic carbocycles. The van der Waals surface area contributed by atoms with Gasteiger partial charge < -0.3 is 10.3 Å². The summed E-state index contributed by atoms with van der Waals surface area (Å²) in [6.07, 6.45) is 4.07. The monoisotopic (exact) mass is 219 g/mol. The molecule has 1 amide bonds. The van der Waals surface area contributed by atoms with Crippen molar-refractivity contribution >= 4 is 5.91 Å². The van der Waals surface area contributed by atoms with Gasteiger partial charge in [-0.15, -0.1) is 0 Å². The standard InChI is InChI=1S/C10H13N5O/c1-7-9(3-5-11-7)10(16)12-4-2-8-6-13-15-14-8/h3,5-6,11H,2,4H2,1H3,(H,12,16)(H,13,14,15). The molecule has 0 unspecified atom stereocenters. The molecule has 0 atom stereocenters. The Bertz CT molecular complexity index is 459. The van der Waals surface area contributed by atoms with Crippen molar-refractivity contribution in [1.82, 2.24) is 25.7 Å². The maximum Gasteiger partial charge on any atom is 0.253 e. The number of H-pyrrole nitrogens is 2. The average molecular weight is 219 g/mol. The highest BCUT2D eigenvalue weighted by atomic mass is 16.1. The molecule has 2 aromatic rings. The van der Waals surface area contributed by atoms with E-state index in [0.29, 0.717) is 18.5 Å². The van der Waals surface area contributed by atoms with Crippen LogP contribution < -0.4 is 5.32 Å². The topological polar surface area (TPSA) is 86.5 Å². The van der Waals surface area contributed by atoms with E-state index in [1.54, 1.807) is 18.5 Å². The number of carbonyl (C=O) groups is 1. The van der Waals surface area contributed by atoms with E-state index in [0.717, 1.165) is 11.4 Å². The number of nitrogens with zero attached hydrogens (tertiary/aromatic N) is 2. The molecule has 2 heterocycles. The minimum absolute atomic E-state index is 0.0674. The molecule has 16 heavy (non-hydrogen) atoms. The lowest BCUT2D eigenvalue weighted by atomic mass is 10.2. The van der Waals surface area contributed by atoms with E-state index in [9.17, 15) is 4.79 Å². The molecule has 84 valence electrons. The molecule has 0 saturated heterocycles. The van der Waals surface area contributed by atoms with E-state index in [-0.39, 0.29) is 5.91 Å². The summed E-state index contributed by atoms with van der Waals surface area (Å²) in [7, 11) is 0. The highest BCUT2D eigenvalue weighted by molar-refractivity contribution is 5.95. The van der Waals surface area contributed by atoms with E-state index in [4.69, 9.17) is 0 Å². The zero-order valence-corrected chi connectivity index (χ0v) is 8.95. The second kappa shape index (κ2) is 4.61. The summed E-state index contributed by atoms with van der Waals surface area (Å²) in [6.45, 7) is 2.42. The van der Waals surface area contributed by atoms with Gasteiger partial charge in [0.2, 0.25) is 0 Å². The molecule has 0 aliphatic rings. The van der Waals surface area contributed by atoms with Gasteiger partial charge in [0.15, 0.2) is 0 Å². The van der Waals surface area contributed by atoms with Gasteiger partial charge in [0, 0.05) is 24.9 Å². The Hall–Kier alpha value is -2.11. The normalized spacial score (nSPS) is 10.3. The Morgan fingerprint density at radius 3 is 3.06 bits per heavy atom. The number of amides is 1. The molecule has 0 aromatic carbocycles. The van der Waals surface area contributed by atoms with Crippen molar-refractivity contribution in [2.75, 3.05) is 6.54 Å². The first-order valence-electron chi connectivity index (χ1n) is 5.04. The highest BCUT2D eigenvalue weighted by Gasteiger charge is 2.08. The number of aromatic nitrogens is 4. The Labute approximate surface area is 92.5 Å². The van der Waals surface area contributed by atoms with Gasteiger partial charge in [-0.25, -0.2) is 0 Å². The Morgan fingerprint density at radius 2 is 2.44 bits per heavy atom. The van der Waals surface area contributed by atoms with Gasteiger partial charge in [0.1, 0.15) is 0 Å². The summed E-state index contributed by atoms with van der Waals surface area (Å²) < 4.78 is 0. The number of hydrogen-bond acceptors (Lipinski definition) is 3. The third kappa shape index (κ3) is 2.28. The van der Waals surface area contributed by atoms with Crippen LogP contribution in [-0.4, -0.2) is 32.8 Å². The van der Waals surface area contributed by atoms with Crippen LogP contribution in [0.4, 0.5) is 0 Å². The molecule has 0 radical (unpaired) electrons. The SMILES string of the molecule is Cc1[nH]ccc1C(=O)NCCc1cn[nH]n1. The molecular formula is C10H13N5O. The van der Waals surface area contributed by atoms with Crippen LogP contribution in [0, 0.1) is 6.92 Å². The summed E-state index contributed by atoms with van der Waals surface area (Å²) >= 11 is 0. The van der Waals surface area contributed by atoms with Crippen LogP contribution in [0.5, 0.6) is 0 Å². The van der Waals surface area contributed by atoms with Gasteiger partial charge in [-0.3, -0.25) is 4.79 Å². The van der Waals surface area contributed by atoms with Crippen molar-refractivity contribution in [3.8, 4) is 0 Å². The van der Waals surface area contributed by atoms with Crippen molar-refractivity contribution in [2.24, 2.45) is 0 Å². The van der Waals surface area contributed by atoms with E-state index in [2.05, 4.69) is 25.7 Å². The average Bonchev–Trinajstić information content (AvgIpc) is 2.88. The molecular weight excluding hydrogens is 206 g/mol. The van der Waals surface area contributed by atoms with E-state index in [1.807, 2.05) is 6.92 Å². The number of aryl methyl sites for hydroxylation is 1. The third-order valence-corrected chi connectivity index (χ3v) is 2.33. The fraction of sp³-hybridized carbons (Fsp3) is 0.300. The Kier molecular flexibility index (Phi) is 3.00. The predicted molar refractivity (Wildman–Crippen MR) is 57.9 cm³/mol. The number of rotatable bonds is 4. The summed E-state index contributed by atoms with van der Waals surface area (Å²) in [5, 5.41) is 12.9. The van der Waals surface area contributed by atoms with Crippen molar-refractivity contribution in [3.05, 3.63) is 35.4 Å². The fourth-order valence-electron chi connectivity index (χ4n) is 1.44. The first kappa shape index (κ1) is 10.4. The Morgan fingerprint density at radius 1 is 1.56 bits per heavy atom. The summed E-state index contributed by atoms with van der Waals surface area (Å²) in [5.41, 5.74) is 2.39. The van der Waals surface area contributed by atoms with Crippen LogP contribution in [0.3, 0.4) is 0 Å². The van der Waals surface area contributed by atoms with Gasteiger partial charge in [0.25, 0.3) is 5.91 Å². The van der Waals surface area contributed by atoms with Crippen LogP contribution in [0.2, 0.25) is 0 Å². The lowest BCUT2D eigenvalue weighted by Gasteiger charge is -2.02. The van der Waals surface area contributed by atoms with Gasteiger partial charge in [-0.2, -0.15) is 15.4 Å². The maximum atomic E-state index is 11.7. The van der Waals surface area contributed by atoms with Crippen molar-refractivity contribution in [1.29, 1.82) is 0 Å². The van der Waals surface area contributed by atoms with E-state index in [1.165, 1.54) is 0 Å². The first-order valence-corrected chi connectivity index (χ1v) is 5.04. The molecule has 2 rings (SSSR count).